The van der Waals surface area contributed by atoms with Crippen LogP contribution in [0.5, 0.6) is 5.75 Å². The molecular formula is C18H20N2O3S. The lowest BCUT2D eigenvalue weighted by atomic mass is 10.1. The Bertz CT molecular complexity index is 739. The Balaban J connectivity index is 1.83. The first-order valence-corrected chi connectivity index (χ1v) is 8.39. The molecule has 0 aliphatic carbocycles. The fourth-order valence-electron chi connectivity index (χ4n) is 1.91. The Morgan fingerprint density at radius 2 is 1.96 bits per heavy atom. The molecule has 1 atom stereocenters. The van der Waals surface area contributed by atoms with E-state index >= 15 is 0 Å². The first-order chi connectivity index (χ1) is 11.5. The SMILES string of the molecule is Cc1cccc(OC(C)C(=O)NNC(=O)/C=C/c2cccs2)c1C. The molecule has 126 valence electrons. The van der Waals surface area contributed by atoms with E-state index in [0.717, 1.165) is 16.0 Å². The third kappa shape index (κ3) is 4.96. The highest BCUT2D eigenvalue weighted by atomic mass is 32.1. The van der Waals surface area contributed by atoms with Crippen LogP contribution in [-0.2, 0) is 9.59 Å². The maximum atomic E-state index is 12.0. The Labute approximate surface area is 145 Å². The highest BCUT2D eigenvalue weighted by molar-refractivity contribution is 7.10. The Kier molecular flexibility index (Phi) is 6.14. The van der Waals surface area contributed by atoms with Crippen LogP contribution in [0.1, 0.15) is 22.9 Å². The number of aryl methyl sites for hydroxylation is 1. The number of hydrogen-bond acceptors (Lipinski definition) is 4. The summed E-state index contributed by atoms with van der Waals surface area (Å²) in [5.74, 6) is -0.175. The van der Waals surface area contributed by atoms with Gasteiger partial charge in [0, 0.05) is 11.0 Å². The van der Waals surface area contributed by atoms with Crippen LogP contribution in [0.4, 0.5) is 0 Å². The van der Waals surface area contributed by atoms with Gasteiger partial charge in [0.25, 0.3) is 11.8 Å². The summed E-state index contributed by atoms with van der Waals surface area (Å²) in [6.07, 6.45) is 2.32. The summed E-state index contributed by atoms with van der Waals surface area (Å²) < 4.78 is 5.66. The Hall–Kier alpha value is -2.60. The minimum absolute atomic E-state index is 0.407. The van der Waals surface area contributed by atoms with Crippen molar-refractivity contribution in [1.29, 1.82) is 0 Å². The molecule has 1 unspecified atom stereocenters. The van der Waals surface area contributed by atoms with Gasteiger partial charge in [0.1, 0.15) is 5.75 Å². The summed E-state index contributed by atoms with van der Waals surface area (Å²) in [5.41, 5.74) is 6.77. The highest BCUT2D eigenvalue weighted by Gasteiger charge is 2.16. The van der Waals surface area contributed by atoms with Gasteiger partial charge in [-0.3, -0.25) is 20.4 Å². The number of ether oxygens (including phenoxy) is 1. The van der Waals surface area contributed by atoms with Gasteiger partial charge in [-0.15, -0.1) is 11.3 Å². The van der Waals surface area contributed by atoms with E-state index in [4.69, 9.17) is 4.74 Å². The minimum Gasteiger partial charge on any atom is -0.481 e. The molecule has 0 aliphatic rings. The van der Waals surface area contributed by atoms with Crippen molar-refractivity contribution >= 4 is 29.2 Å². The van der Waals surface area contributed by atoms with Gasteiger partial charge in [0.2, 0.25) is 0 Å². The average Bonchev–Trinajstić information content (AvgIpc) is 3.08. The molecule has 6 heteroatoms. The molecule has 1 aromatic heterocycles. The van der Waals surface area contributed by atoms with Crippen molar-refractivity contribution in [3.63, 3.8) is 0 Å². The molecule has 2 rings (SSSR count). The first kappa shape index (κ1) is 17.7. The fraction of sp³-hybridized carbons (Fsp3) is 0.222. The van der Waals surface area contributed by atoms with Crippen LogP contribution in [0.15, 0.2) is 41.8 Å². The normalized spacial score (nSPS) is 12.0. The summed E-state index contributed by atoms with van der Waals surface area (Å²) in [5, 5.41) is 1.92. The standard InChI is InChI=1S/C18H20N2O3S/c1-12-6-4-8-16(13(12)2)23-14(3)18(22)20-19-17(21)10-9-15-7-5-11-24-15/h4-11,14H,1-3H3,(H,19,21)(H,20,22)/b10-9+. The van der Waals surface area contributed by atoms with Gasteiger partial charge in [0.15, 0.2) is 6.10 Å². The number of benzene rings is 1. The van der Waals surface area contributed by atoms with Crippen LogP contribution >= 0.6 is 11.3 Å². The van der Waals surface area contributed by atoms with E-state index in [0.29, 0.717) is 5.75 Å². The largest absolute Gasteiger partial charge is 0.481 e. The maximum Gasteiger partial charge on any atom is 0.279 e. The summed E-state index contributed by atoms with van der Waals surface area (Å²) in [4.78, 5) is 24.6. The highest BCUT2D eigenvalue weighted by Crippen LogP contribution is 2.21. The molecule has 24 heavy (non-hydrogen) atoms. The van der Waals surface area contributed by atoms with Crippen molar-refractivity contribution in [2.24, 2.45) is 0 Å². The predicted octanol–water partition coefficient (Wildman–Crippen LogP) is 2.99. The van der Waals surface area contributed by atoms with E-state index in [2.05, 4.69) is 10.9 Å². The predicted molar refractivity (Wildman–Crippen MR) is 95.6 cm³/mol. The van der Waals surface area contributed by atoms with Crippen molar-refractivity contribution in [2.45, 2.75) is 26.9 Å². The fourth-order valence-corrected chi connectivity index (χ4v) is 2.52. The second-order valence-electron chi connectivity index (χ2n) is 5.29. The quantitative estimate of drug-likeness (QED) is 0.647. The maximum absolute atomic E-state index is 12.0. The molecule has 2 aromatic rings. The van der Waals surface area contributed by atoms with Crippen molar-refractivity contribution in [2.75, 3.05) is 0 Å². The second-order valence-corrected chi connectivity index (χ2v) is 6.26. The number of carbonyl (C=O) groups is 2. The van der Waals surface area contributed by atoms with E-state index in [1.807, 2.05) is 49.6 Å². The number of carbonyl (C=O) groups excluding carboxylic acids is 2. The lowest BCUT2D eigenvalue weighted by Crippen LogP contribution is -2.46. The zero-order valence-corrected chi connectivity index (χ0v) is 14.6. The molecule has 0 saturated carbocycles. The number of thiophene rings is 1. The van der Waals surface area contributed by atoms with Gasteiger partial charge in [-0.25, -0.2) is 0 Å². The lowest BCUT2D eigenvalue weighted by molar-refractivity contribution is -0.131. The summed E-state index contributed by atoms with van der Waals surface area (Å²) in [6.45, 7) is 5.55. The van der Waals surface area contributed by atoms with Crippen LogP contribution in [0.25, 0.3) is 6.08 Å². The third-order valence-corrected chi connectivity index (χ3v) is 4.32. The molecular weight excluding hydrogens is 324 g/mol. The molecule has 1 heterocycles. The molecule has 0 radical (unpaired) electrons. The number of hydrazine groups is 1. The topological polar surface area (TPSA) is 67.4 Å². The van der Waals surface area contributed by atoms with Gasteiger partial charge in [-0.2, -0.15) is 0 Å². The monoisotopic (exact) mass is 344 g/mol. The van der Waals surface area contributed by atoms with E-state index in [-0.39, 0.29) is 0 Å². The average molecular weight is 344 g/mol. The molecule has 2 N–H and O–H groups in total. The smallest absolute Gasteiger partial charge is 0.279 e. The molecule has 0 spiro atoms. The minimum atomic E-state index is -0.730. The molecule has 0 fully saturated rings. The Morgan fingerprint density at radius 3 is 2.67 bits per heavy atom. The first-order valence-electron chi connectivity index (χ1n) is 7.51. The van der Waals surface area contributed by atoms with Crippen LogP contribution in [0.3, 0.4) is 0 Å². The van der Waals surface area contributed by atoms with Gasteiger partial charge in [-0.05, 0) is 55.5 Å². The lowest BCUT2D eigenvalue weighted by Gasteiger charge is -2.17. The molecule has 0 aliphatic heterocycles. The van der Waals surface area contributed by atoms with Crippen LogP contribution in [0.2, 0.25) is 0 Å². The van der Waals surface area contributed by atoms with E-state index < -0.39 is 17.9 Å². The van der Waals surface area contributed by atoms with E-state index in [1.165, 1.54) is 17.4 Å². The van der Waals surface area contributed by atoms with E-state index in [9.17, 15) is 9.59 Å². The second kappa shape index (κ2) is 8.31. The van der Waals surface area contributed by atoms with Gasteiger partial charge < -0.3 is 4.74 Å². The molecule has 0 saturated heterocycles. The number of nitrogens with one attached hydrogen (secondary N) is 2. The molecule has 5 nitrogen and oxygen atoms in total. The molecule has 2 amide bonds. The van der Waals surface area contributed by atoms with Crippen molar-refractivity contribution in [3.05, 3.63) is 57.8 Å². The summed E-state index contributed by atoms with van der Waals surface area (Å²) in [6, 6.07) is 9.46. The Morgan fingerprint density at radius 1 is 1.17 bits per heavy atom. The molecule has 0 bridgehead atoms. The van der Waals surface area contributed by atoms with Crippen LogP contribution < -0.4 is 15.6 Å². The van der Waals surface area contributed by atoms with Crippen molar-refractivity contribution in [1.82, 2.24) is 10.9 Å². The number of rotatable bonds is 5. The van der Waals surface area contributed by atoms with Crippen molar-refractivity contribution < 1.29 is 14.3 Å². The summed E-state index contributed by atoms with van der Waals surface area (Å²) >= 11 is 1.52. The van der Waals surface area contributed by atoms with Crippen molar-refractivity contribution in [3.8, 4) is 5.75 Å². The number of amides is 2. The van der Waals surface area contributed by atoms with Gasteiger partial charge in [-0.1, -0.05) is 18.2 Å². The zero-order valence-electron chi connectivity index (χ0n) is 13.8. The van der Waals surface area contributed by atoms with Crippen LogP contribution in [-0.4, -0.2) is 17.9 Å². The van der Waals surface area contributed by atoms with Gasteiger partial charge in [0.05, 0.1) is 0 Å². The third-order valence-electron chi connectivity index (χ3n) is 3.48. The van der Waals surface area contributed by atoms with E-state index in [1.54, 1.807) is 13.0 Å². The van der Waals surface area contributed by atoms with Gasteiger partial charge >= 0.3 is 0 Å². The van der Waals surface area contributed by atoms with Crippen LogP contribution in [0, 0.1) is 13.8 Å². The molecule has 1 aromatic carbocycles. The summed E-state index contributed by atoms with van der Waals surface area (Å²) in [7, 11) is 0. The zero-order chi connectivity index (χ0) is 17.5. The number of hydrogen-bond donors (Lipinski definition) is 2.